The highest BCUT2D eigenvalue weighted by Crippen LogP contribution is 2.21. The molecule has 29 heavy (non-hydrogen) atoms. The van der Waals surface area contributed by atoms with Crippen molar-refractivity contribution in [2.75, 3.05) is 31.1 Å². The van der Waals surface area contributed by atoms with Crippen molar-refractivity contribution in [3.63, 3.8) is 0 Å². The van der Waals surface area contributed by atoms with Crippen molar-refractivity contribution < 1.29 is 4.79 Å². The first-order chi connectivity index (χ1) is 14.0. The van der Waals surface area contributed by atoms with Gasteiger partial charge in [-0.05, 0) is 55.5 Å². The zero-order valence-electron chi connectivity index (χ0n) is 17.2. The van der Waals surface area contributed by atoms with Crippen LogP contribution in [-0.4, -0.2) is 37.0 Å². The van der Waals surface area contributed by atoms with Crippen molar-refractivity contribution in [2.24, 2.45) is 0 Å². The Hall–Kier alpha value is -2.46. The van der Waals surface area contributed by atoms with Crippen molar-refractivity contribution in [1.29, 1.82) is 0 Å². The van der Waals surface area contributed by atoms with Gasteiger partial charge in [0.1, 0.15) is 0 Å². The van der Waals surface area contributed by atoms with Crippen LogP contribution in [0.5, 0.6) is 0 Å². The molecule has 1 amide bonds. The summed E-state index contributed by atoms with van der Waals surface area (Å²) < 4.78 is 0. The Balaban J connectivity index is 1.66. The van der Waals surface area contributed by atoms with Gasteiger partial charge in [0, 0.05) is 36.0 Å². The quantitative estimate of drug-likeness (QED) is 0.679. The third-order valence-electron chi connectivity index (χ3n) is 5.30. The molecule has 0 radical (unpaired) electrons. The Morgan fingerprint density at radius 1 is 1.10 bits per heavy atom. The Bertz CT molecular complexity index is 846. The molecule has 2 aromatic rings. The lowest BCUT2D eigenvalue weighted by molar-refractivity contribution is -0.130. The number of carbonyl (C=O) groups excluding carboxylic acids is 1. The van der Waals surface area contributed by atoms with E-state index in [9.17, 15) is 4.79 Å². The van der Waals surface area contributed by atoms with Gasteiger partial charge < -0.3 is 15.1 Å². The molecule has 0 aliphatic carbocycles. The summed E-state index contributed by atoms with van der Waals surface area (Å²) in [7, 11) is 0. The molecule has 0 atom stereocenters. The van der Waals surface area contributed by atoms with Crippen molar-refractivity contribution in [2.45, 2.75) is 32.7 Å². The van der Waals surface area contributed by atoms with Crippen LogP contribution in [0.1, 0.15) is 30.4 Å². The monoisotopic (exact) mass is 411 g/mol. The van der Waals surface area contributed by atoms with E-state index in [1.807, 2.05) is 41.3 Å². The van der Waals surface area contributed by atoms with Crippen molar-refractivity contribution in [3.05, 3.63) is 77.0 Å². The first-order valence-corrected chi connectivity index (χ1v) is 10.6. The molecule has 4 nitrogen and oxygen atoms in total. The summed E-state index contributed by atoms with van der Waals surface area (Å²) in [6.07, 6.45) is 3.42. The van der Waals surface area contributed by atoms with Crippen LogP contribution in [0.25, 0.3) is 0 Å². The number of hydrogen-bond acceptors (Lipinski definition) is 3. The maximum absolute atomic E-state index is 12.9. The van der Waals surface area contributed by atoms with Crippen LogP contribution in [0.2, 0.25) is 5.02 Å². The van der Waals surface area contributed by atoms with Gasteiger partial charge in [-0.1, -0.05) is 48.5 Å². The molecule has 1 fully saturated rings. The molecule has 3 rings (SSSR count). The third kappa shape index (κ3) is 6.26. The molecule has 154 valence electrons. The predicted octanol–water partition coefficient (Wildman–Crippen LogP) is 4.77. The minimum absolute atomic E-state index is 0.190. The number of benzene rings is 2. The minimum Gasteiger partial charge on any atom is -0.383 e. The average molecular weight is 412 g/mol. The van der Waals surface area contributed by atoms with Gasteiger partial charge >= 0.3 is 0 Å². The molecule has 0 spiro atoms. The average Bonchev–Trinajstić information content (AvgIpc) is 2.73. The zero-order chi connectivity index (χ0) is 20.6. The van der Waals surface area contributed by atoms with Gasteiger partial charge in [0.25, 0.3) is 0 Å². The Kier molecular flexibility index (Phi) is 7.59. The number of para-hydroxylation sites is 1. The van der Waals surface area contributed by atoms with E-state index in [0.717, 1.165) is 53.5 Å². The summed E-state index contributed by atoms with van der Waals surface area (Å²) in [6, 6.07) is 16.0. The number of rotatable bonds is 8. The van der Waals surface area contributed by atoms with Crippen molar-refractivity contribution in [1.82, 2.24) is 10.2 Å². The smallest absolute Gasteiger partial charge is 0.242 e. The Labute approximate surface area is 179 Å². The fourth-order valence-corrected chi connectivity index (χ4v) is 3.92. The lowest BCUT2D eigenvalue weighted by Gasteiger charge is -2.32. The lowest BCUT2D eigenvalue weighted by atomic mass is 10.1. The second-order valence-electron chi connectivity index (χ2n) is 7.67. The van der Waals surface area contributed by atoms with E-state index in [1.54, 1.807) is 0 Å². The van der Waals surface area contributed by atoms with E-state index >= 15 is 0 Å². The number of nitrogens with zero attached hydrogens (tertiary/aromatic N) is 2. The molecule has 1 aliphatic heterocycles. The fraction of sp³-hybridized carbons (Fsp3) is 0.375. The summed E-state index contributed by atoms with van der Waals surface area (Å²) in [5, 5.41) is 4.10. The van der Waals surface area contributed by atoms with E-state index in [-0.39, 0.29) is 5.91 Å². The van der Waals surface area contributed by atoms with E-state index < -0.39 is 0 Å². The van der Waals surface area contributed by atoms with Crippen molar-refractivity contribution in [3.8, 4) is 0 Å². The number of halogens is 1. The van der Waals surface area contributed by atoms with Crippen LogP contribution in [0, 0.1) is 6.92 Å². The molecule has 0 bridgehead atoms. The number of amides is 1. The zero-order valence-corrected chi connectivity index (χ0v) is 17.9. The van der Waals surface area contributed by atoms with Gasteiger partial charge in [-0.15, -0.1) is 0 Å². The number of anilines is 1. The van der Waals surface area contributed by atoms with E-state index in [0.29, 0.717) is 19.6 Å². The van der Waals surface area contributed by atoms with E-state index in [1.165, 1.54) is 6.42 Å². The van der Waals surface area contributed by atoms with Gasteiger partial charge in [-0.3, -0.25) is 4.79 Å². The first-order valence-electron chi connectivity index (χ1n) is 10.3. The highest BCUT2D eigenvalue weighted by atomic mass is 35.5. The summed E-state index contributed by atoms with van der Waals surface area (Å²) in [5.41, 5.74) is 4.20. The number of piperidine rings is 1. The predicted molar refractivity (Wildman–Crippen MR) is 121 cm³/mol. The number of nitrogens with one attached hydrogen (secondary N) is 1. The summed E-state index contributed by atoms with van der Waals surface area (Å²) in [4.78, 5) is 17.0. The highest BCUT2D eigenvalue weighted by molar-refractivity contribution is 6.30. The number of aryl methyl sites for hydroxylation is 1. The second-order valence-corrected chi connectivity index (χ2v) is 8.11. The molecule has 1 heterocycles. The third-order valence-corrected chi connectivity index (χ3v) is 5.54. The van der Waals surface area contributed by atoms with Crippen LogP contribution < -0.4 is 10.2 Å². The number of likely N-dealkylation sites (tertiary alicyclic amines) is 1. The number of carbonyl (C=O) groups is 1. The molecule has 0 unspecified atom stereocenters. The van der Waals surface area contributed by atoms with Gasteiger partial charge in [-0.2, -0.15) is 0 Å². The second kappa shape index (κ2) is 10.4. The standard InChI is InChI=1S/C24H30ClN3O/c1-19-9-4-5-12-23(19)28(18-24(29)27-13-6-3-7-14-27)17-20(2)26-16-21-10-8-11-22(25)15-21/h4-5,8-12,15,26H,2-3,6-7,13-14,16-18H2,1H3. The molecule has 5 heteroatoms. The topological polar surface area (TPSA) is 35.6 Å². The van der Waals surface area contributed by atoms with E-state index in [2.05, 4.69) is 35.9 Å². The highest BCUT2D eigenvalue weighted by Gasteiger charge is 2.21. The molecule has 1 N–H and O–H groups in total. The Morgan fingerprint density at radius 3 is 2.59 bits per heavy atom. The van der Waals surface area contributed by atoms with Gasteiger partial charge in [0.2, 0.25) is 5.91 Å². The largest absolute Gasteiger partial charge is 0.383 e. The molecule has 2 aromatic carbocycles. The Morgan fingerprint density at radius 2 is 1.86 bits per heavy atom. The first kappa shape index (κ1) is 21.3. The van der Waals surface area contributed by atoms with Crippen LogP contribution in [0.3, 0.4) is 0 Å². The molecular formula is C24H30ClN3O. The van der Waals surface area contributed by atoms with Crippen molar-refractivity contribution >= 4 is 23.2 Å². The van der Waals surface area contributed by atoms with Gasteiger partial charge in [-0.25, -0.2) is 0 Å². The van der Waals surface area contributed by atoms with Gasteiger partial charge in [0.15, 0.2) is 0 Å². The summed E-state index contributed by atoms with van der Waals surface area (Å²) in [5.74, 6) is 0.190. The molecule has 0 aromatic heterocycles. The molecule has 1 aliphatic rings. The normalized spacial score (nSPS) is 13.8. The lowest BCUT2D eigenvalue weighted by Crippen LogP contribution is -2.44. The molecule has 0 saturated carbocycles. The van der Waals surface area contributed by atoms with Crippen LogP contribution >= 0.6 is 11.6 Å². The summed E-state index contributed by atoms with van der Waals surface area (Å²) in [6.45, 7) is 9.61. The molecule has 1 saturated heterocycles. The minimum atomic E-state index is 0.190. The SMILES string of the molecule is C=C(CN(CC(=O)N1CCCCC1)c1ccccc1C)NCc1cccc(Cl)c1. The van der Waals surface area contributed by atoms with Crippen LogP contribution in [0.4, 0.5) is 5.69 Å². The maximum atomic E-state index is 12.9. The van der Waals surface area contributed by atoms with Crippen LogP contribution in [0.15, 0.2) is 60.8 Å². The van der Waals surface area contributed by atoms with Gasteiger partial charge in [0.05, 0.1) is 13.1 Å². The number of hydrogen-bond donors (Lipinski definition) is 1. The van der Waals surface area contributed by atoms with E-state index in [4.69, 9.17) is 11.6 Å². The van der Waals surface area contributed by atoms with Crippen LogP contribution in [-0.2, 0) is 11.3 Å². The fourth-order valence-electron chi connectivity index (χ4n) is 3.71. The summed E-state index contributed by atoms with van der Waals surface area (Å²) >= 11 is 6.07. The molecular weight excluding hydrogens is 382 g/mol. The maximum Gasteiger partial charge on any atom is 0.242 e.